The molecule has 9 heteroatoms. The van der Waals surface area contributed by atoms with Crippen LogP contribution in [0.3, 0.4) is 0 Å². The van der Waals surface area contributed by atoms with Gasteiger partial charge in [0.25, 0.3) is 11.5 Å². The van der Waals surface area contributed by atoms with E-state index in [0.29, 0.717) is 31.9 Å². The number of carbonyl (C=O) groups excluding carboxylic acids is 2. The van der Waals surface area contributed by atoms with Crippen LogP contribution in [0.15, 0.2) is 65.5 Å². The molecule has 3 aromatic rings. The van der Waals surface area contributed by atoms with Crippen LogP contribution in [0.5, 0.6) is 0 Å². The number of piperazine rings is 1. The van der Waals surface area contributed by atoms with Gasteiger partial charge in [-0.25, -0.2) is 9.07 Å². The average Bonchev–Trinajstić information content (AvgIpc) is 2.81. The van der Waals surface area contributed by atoms with E-state index >= 15 is 0 Å². The summed E-state index contributed by atoms with van der Waals surface area (Å²) in [7, 11) is 0. The predicted molar refractivity (Wildman–Crippen MR) is 118 cm³/mol. The zero-order valence-electron chi connectivity index (χ0n) is 17.1. The number of hydrogen-bond donors (Lipinski definition) is 0. The lowest BCUT2D eigenvalue weighted by molar-refractivity contribution is -0.133. The van der Waals surface area contributed by atoms with Gasteiger partial charge in [0.05, 0.1) is 16.3 Å². The zero-order chi connectivity index (χ0) is 22.7. The normalized spacial score (nSPS) is 13.8. The third-order valence-corrected chi connectivity index (χ3v) is 5.62. The number of benzene rings is 2. The smallest absolute Gasteiger partial charge is 0.267 e. The molecule has 1 aliphatic rings. The fourth-order valence-electron chi connectivity index (χ4n) is 3.55. The molecule has 1 fully saturated rings. The summed E-state index contributed by atoms with van der Waals surface area (Å²) in [4.78, 5) is 40.8. The third kappa shape index (κ3) is 4.70. The van der Waals surface area contributed by atoms with Crippen LogP contribution in [0.25, 0.3) is 11.3 Å². The summed E-state index contributed by atoms with van der Waals surface area (Å²) < 4.78 is 14.4. The quantitative estimate of drug-likeness (QED) is 0.607. The molecule has 0 spiro atoms. The molecule has 1 aromatic heterocycles. The van der Waals surface area contributed by atoms with Crippen LogP contribution < -0.4 is 5.56 Å². The molecular formula is C23H20ClFN4O3. The van der Waals surface area contributed by atoms with E-state index in [4.69, 9.17) is 11.6 Å². The number of nitrogens with zero attached hydrogens (tertiary/aromatic N) is 4. The Hall–Kier alpha value is -3.52. The lowest BCUT2D eigenvalue weighted by Crippen LogP contribution is -2.51. The Morgan fingerprint density at radius 3 is 2.31 bits per heavy atom. The van der Waals surface area contributed by atoms with Gasteiger partial charge in [0.2, 0.25) is 5.91 Å². The van der Waals surface area contributed by atoms with Crippen LogP contribution in [0.4, 0.5) is 4.39 Å². The summed E-state index contributed by atoms with van der Waals surface area (Å²) in [5.41, 5.74) is 1.31. The van der Waals surface area contributed by atoms with Crippen molar-refractivity contribution in [3.63, 3.8) is 0 Å². The van der Waals surface area contributed by atoms with E-state index in [9.17, 15) is 18.8 Å². The molecular weight excluding hydrogens is 435 g/mol. The molecule has 7 nitrogen and oxygen atoms in total. The lowest BCUT2D eigenvalue weighted by atomic mass is 10.1. The highest BCUT2D eigenvalue weighted by Crippen LogP contribution is 2.20. The van der Waals surface area contributed by atoms with E-state index < -0.39 is 5.82 Å². The molecule has 2 aromatic carbocycles. The van der Waals surface area contributed by atoms with Crippen molar-refractivity contribution in [3.8, 4) is 11.3 Å². The summed E-state index contributed by atoms with van der Waals surface area (Å²) in [5.74, 6) is -1.07. The van der Waals surface area contributed by atoms with E-state index in [2.05, 4.69) is 5.10 Å². The molecule has 1 aliphatic heterocycles. The van der Waals surface area contributed by atoms with Crippen molar-refractivity contribution in [2.75, 3.05) is 26.2 Å². The van der Waals surface area contributed by atoms with Crippen molar-refractivity contribution >= 4 is 23.4 Å². The SMILES string of the molecule is O=C(Cn1nc(-c2ccccc2)ccc1=O)N1CCN(C(=O)c2ccc(F)cc2Cl)CC1. The van der Waals surface area contributed by atoms with Gasteiger partial charge >= 0.3 is 0 Å². The molecule has 32 heavy (non-hydrogen) atoms. The van der Waals surface area contributed by atoms with Crippen LogP contribution in [0, 0.1) is 5.82 Å². The molecule has 4 rings (SSSR count). The third-order valence-electron chi connectivity index (χ3n) is 5.30. The van der Waals surface area contributed by atoms with Crippen molar-refractivity contribution in [1.29, 1.82) is 0 Å². The van der Waals surface area contributed by atoms with E-state index in [1.54, 1.807) is 15.9 Å². The van der Waals surface area contributed by atoms with Gasteiger partial charge in [-0.1, -0.05) is 41.9 Å². The van der Waals surface area contributed by atoms with Gasteiger partial charge in [-0.2, -0.15) is 5.10 Å². The minimum Gasteiger partial charge on any atom is -0.338 e. The number of carbonyl (C=O) groups is 2. The Kier molecular flexibility index (Phi) is 6.32. The van der Waals surface area contributed by atoms with Crippen LogP contribution in [-0.2, 0) is 11.3 Å². The molecule has 2 heterocycles. The maximum absolute atomic E-state index is 13.2. The Morgan fingerprint density at radius 2 is 1.62 bits per heavy atom. The second-order valence-electron chi connectivity index (χ2n) is 7.38. The van der Waals surface area contributed by atoms with Crippen molar-refractivity contribution in [3.05, 3.63) is 87.4 Å². The number of rotatable bonds is 4. The van der Waals surface area contributed by atoms with Gasteiger partial charge in [0, 0.05) is 37.8 Å². The van der Waals surface area contributed by atoms with E-state index in [0.717, 1.165) is 16.3 Å². The average molecular weight is 455 g/mol. The lowest BCUT2D eigenvalue weighted by Gasteiger charge is -2.35. The highest BCUT2D eigenvalue weighted by molar-refractivity contribution is 6.33. The Balaban J connectivity index is 1.40. The second kappa shape index (κ2) is 9.32. The molecule has 2 amide bonds. The molecule has 164 valence electrons. The van der Waals surface area contributed by atoms with Gasteiger partial charge in [-0.15, -0.1) is 0 Å². The van der Waals surface area contributed by atoms with Gasteiger partial charge in [0.1, 0.15) is 12.4 Å². The predicted octanol–water partition coefficient (Wildman–Crippen LogP) is 2.69. The number of aromatic nitrogens is 2. The van der Waals surface area contributed by atoms with Crippen molar-refractivity contribution < 1.29 is 14.0 Å². The minimum absolute atomic E-state index is 0.0530. The van der Waals surface area contributed by atoms with E-state index in [-0.39, 0.29) is 34.5 Å². The Bertz CT molecular complexity index is 1210. The van der Waals surface area contributed by atoms with E-state index in [1.807, 2.05) is 30.3 Å². The van der Waals surface area contributed by atoms with Crippen LogP contribution >= 0.6 is 11.6 Å². The molecule has 0 N–H and O–H groups in total. The summed E-state index contributed by atoms with van der Waals surface area (Å²) in [6.45, 7) is 1.07. The molecule has 0 radical (unpaired) electrons. The molecule has 0 bridgehead atoms. The van der Waals surface area contributed by atoms with Gasteiger partial charge in [-0.3, -0.25) is 14.4 Å². The van der Waals surface area contributed by atoms with Crippen LogP contribution in [0.1, 0.15) is 10.4 Å². The van der Waals surface area contributed by atoms with Gasteiger partial charge in [-0.05, 0) is 24.3 Å². The molecule has 0 atom stereocenters. The molecule has 0 aliphatic carbocycles. The summed E-state index contributed by atoms with van der Waals surface area (Å²) in [5, 5.41) is 4.38. The number of halogens is 2. The largest absolute Gasteiger partial charge is 0.338 e. The highest BCUT2D eigenvalue weighted by Gasteiger charge is 2.26. The summed E-state index contributed by atoms with van der Waals surface area (Å²) in [6, 6.07) is 16.1. The van der Waals surface area contributed by atoms with Gasteiger partial charge in [0.15, 0.2) is 0 Å². The minimum atomic E-state index is -0.512. The van der Waals surface area contributed by atoms with Crippen LogP contribution in [-0.4, -0.2) is 57.6 Å². The first kappa shape index (κ1) is 21.7. The monoisotopic (exact) mass is 454 g/mol. The first-order valence-corrected chi connectivity index (χ1v) is 10.5. The van der Waals surface area contributed by atoms with Crippen molar-refractivity contribution in [2.45, 2.75) is 6.54 Å². The second-order valence-corrected chi connectivity index (χ2v) is 7.78. The first-order chi connectivity index (χ1) is 15.4. The van der Waals surface area contributed by atoms with E-state index in [1.165, 1.54) is 18.2 Å². The molecule has 1 saturated heterocycles. The van der Waals surface area contributed by atoms with Crippen molar-refractivity contribution in [1.82, 2.24) is 19.6 Å². The number of hydrogen-bond acceptors (Lipinski definition) is 4. The molecule has 0 saturated carbocycles. The summed E-state index contributed by atoms with van der Waals surface area (Å²) in [6.07, 6.45) is 0. The zero-order valence-corrected chi connectivity index (χ0v) is 17.8. The highest BCUT2D eigenvalue weighted by atomic mass is 35.5. The van der Waals surface area contributed by atoms with Crippen LogP contribution in [0.2, 0.25) is 5.02 Å². The topological polar surface area (TPSA) is 75.5 Å². The Morgan fingerprint density at radius 1 is 0.938 bits per heavy atom. The summed E-state index contributed by atoms with van der Waals surface area (Å²) >= 11 is 5.99. The van der Waals surface area contributed by atoms with Gasteiger partial charge < -0.3 is 9.80 Å². The molecule has 0 unspecified atom stereocenters. The Labute approximate surface area is 188 Å². The fraction of sp³-hybridized carbons (Fsp3) is 0.217. The first-order valence-electron chi connectivity index (χ1n) is 10.1. The number of amides is 2. The fourth-order valence-corrected chi connectivity index (χ4v) is 3.79. The van der Waals surface area contributed by atoms with Crippen molar-refractivity contribution in [2.24, 2.45) is 0 Å². The standard InChI is InChI=1S/C23H20ClFN4O3/c24-19-14-17(25)6-7-18(19)23(32)28-12-10-27(11-13-28)22(31)15-29-21(30)9-8-20(26-29)16-4-2-1-3-5-16/h1-9,14H,10-13,15H2. The maximum Gasteiger partial charge on any atom is 0.267 e. The maximum atomic E-state index is 13.2.